The molecule has 0 amide bonds. The molecule has 0 radical (unpaired) electrons. The zero-order valence-corrected chi connectivity index (χ0v) is 10.7. The first-order valence-electron chi connectivity index (χ1n) is 3.59. The standard InChI is InChI=1S/C9H10BrIO/c1-9(2,12)7-5-6(10)3-4-8(7)11/h3-5,12H,1-2H3. The average molecular weight is 341 g/mol. The zero-order chi connectivity index (χ0) is 9.35. The minimum Gasteiger partial charge on any atom is -0.386 e. The zero-order valence-electron chi connectivity index (χ0n) is 6.94. The first-order chi connectivity index (χ1) is 5.41. The molecule has 0 fully saturated rings. The highest BCUT2D eigenvalue weighted by Crippen LogP contribution is 2.27. The Morgan fingerprint density at radius 2 is 2.00 bits per heavy atom. The van der Waals surface area contributed by atoms with Gasteiger partial charge in [0.25, 0.3) is 0 Å². The second kappa shape index (κ2) is 3.64. The lowest BCUT2D eigenvalue weighted by molar-refractivity contribution is 0.0776. The van der Waals surface area contributed by atoms with Gasteiger partial charge in [-0.05, 0) is 60.2 Å². The molecule has 1 aromatic rings. The van der Waals surface area contributed by atoms with E-state index in [1.165, 1.54) is 0 Å². The summed E-state index contributed by atoms with van der Waals surface area (Å²) in [6, 6.07) is 5.90. The highest BCUT2D eigenvalue weighted by molar-refractivity contribution is 14.1. The molecule has 12 heavy (non-hydrogen) atoms. The molecule has 3 heteroatoms. The summed E-state index contributed by atoms with van der Waals surface area (Å²) >= 11 is 5.60. The van der Waals surface area contributed by atoms with Gasteiger partial charge in [0.2, 0.25) is 0 Å². The fourth-order valence-electron chi connectivity index (χ4n) is 0.966. The van der Waals surface area contributed by atoms with Gasteiger partial charge in [-0.3, -0.25) is 0 Å². The van der Waals surface area contributed by atoms with Gasteiger partial charge < -0.3 is 5.11 Å². The van der Waals surface area contributed by atoms with E-state index in [-0.39, 0.29) is 0 Å². The van der Waals surface area contributed by atoms with Crippen molar-refractivity contribution in [3.05, 3.63) is 31.8 Å². The van der Waals surface area contributed by atoms with E-state index in [2.05, 4.69) is 38.5 Å². The van der Waals surface area contributed by atoms with Crippen molar-refractivity contribution in [2.75, 3.05) is 0 Å². The molecule has 0 aliphatic rings. The van der Waals surface area contributed by atoms with E-state index in [0.717, 1.165) is 13.6 Å². The fourth-order valence-corrected chi connectivity index (χ4v) is 2.32. The van der Waals surface area contributed by atoms with Crippen LogP contribution in [0.25, 0.3) is 0 Å². The van der Waals surface area contributed by atoms with Gasteiger partial charge in [0.1, 0.15) is 0 Å². The van der Waals surface area contributed by atoms with Crippen LogP contribution in [0.4, 0.5) is 0 Å². The molecule has 0 atom stereocenters. The molecular weight excluding hydrogens is 331 g/mol. The Morgan fingerprint density at radius 3 is 2.42 bits per heavy atom. The third-order valence-corrected chi connectivity index (χ3v) is 3.02. The molecule has 0 bridgehead atoms. The van der Waals surface area contributed by atoms with Gasteiger partial charge in [0, 0.05) is 8.04 Å². The van der Waals surface area contributed by atoms with Crippen LogP contribution < -0.4 is 0 Å². The van der Waals surface area contributed by atoms with Crippen LogP contribution in [0, 0.1) is 3.57 Å². The van der Waals surface area contributed by atoms with Crippen LogP contribution in [-0.4, -0.2) is 5.11 Å². The smallest absolute Gasteiger partial charge is 0.0851 e. The molecule has 0 heterocycles. The second-order valence-electron chi connectivity index (χ2n) is 3.18. The Balaban J connectivity index is 3.23. The second-order valence-corrected chi connectivity index (χ2v) is 5.26. The van der Waals surface area contributed by atoms with Crippen molar-refractivity contribution in [1.29, 1.82) is 0 Å². The number of rotatable bonds is 1. The van der Waals surface area contributed by atoms with Crippen LogP contribution in [0.5, 0.6) is 0 Å². The molecule has 0 unspecified atom stereocenters. The lowest BCUT2D eigenvalue weighted by atomic mass is 9.99. The lowest BCUT2D eigenvalue weighted by Crippen LogP contribution is -2.17. The highest BCUT2D eigenvalue weighted by atomic mass is 127. The molecular formula is C9H10BrIO. The van der Waals surface area contributed by atoms with E-state index in [4.69, 9.17) is 0 Å². The van der Waals surface area contributed by atoms with Crippen molar-refractivity contribution in [3.63, 3.8) is 0 Å². The summed E-state index contributed by atoms with van der Waals surface area (Å²) in [5.74, 6) is 0. The molecule has 0 saturated carbocycles. The minimum atomic E-state index is -0.764. The topological polar surface area (TPSA) is 20.2 Å². The molecule has 0 aliphatic carbocycles. The van der Waals surface area contributed by atoms with Crippen molar-refractivity contribution in [2.45, 2.75) is 19.4 Å². The molecule has 0 aliphatic heterocycles. The predicted octanol–water partition coefficient (Wildman–Crippen LogP) is 3.28. The van der Waals surface area contributed by atoms with Crippen molar-refractivity contribution in [2.24, 2.45) is 0 Å². The van der Waals surface area contributed by atoms with Gasteiger partial charge in [-0.2, -0.15) is 0 Å². The third kappa shape index (κ3) is 2.44. The van der Waals surface area contributed by atoms with Crippen molar-refractivity contribution < 1.29 is 5.11 Å². The number of hydrogen-bond acceptors (Lipinski definition) is 1. The summed E-state index contributed by atoms with van der Waals surface area (Å²) in [6.07, 6.45) is 0. The van der Waals surface area contributed by atoms with E-state index in [1.54, 1.807) is 13.8 Å². The molecule has 0 aromatic heterocycles. The molecule has 66 valence electrons. The van der Waals surface area contributed by atoms with Crippen LogP contribution >= 0.6 is 38.5 Å². The van der Waals surface area contributed by atoms with Gasteiger partial charge in [-0.15, -0.1) is 0 Å². The molecule has 1 nitrogen and oxygen atoms in total. The molecule has 0 spiro atoms. The Bertz CT molecular complexity index is 291. The maximum Gasteiger partial charge on any atom is 0.0851 e. The largest absolute Gasteiger partial charge is 0.386 e. The number of benzene rings is 1. The van der Waals surface area contributed by atoms with Crippen LogP contribution in [0.15, 0.2) is 22.7 Å². The number of aliphatic hydroxyl groups is 1. The van der Waals surface area contributed by atoms with E-state index < -0.39 is 5.60 Å². The Kier molecular flexibility index (Phi) is 3.17. The molecule has 1 rings (SSSR count). The van der Waals surface area contributed by atoms with Crippen molar-refractivity contribution in [3.8, 4) is 0 Å². The average Bonchev–Trinajstić information content (AvgIpc) is 1.92. The monoisotopic (exact) mass is 340 g/mol. The molecule has 1 N–H and O–H groups in total. The maximum absolute atomic E-state index is 9.77. The van der Waals surface area contributed by atoms with E-state index in [0.29, 0.717) is 0 Å². The van der Waals surface area contributed by atoms with Gasteiger partial charge >= 0.3 is 0 Å². The van der Waals surface area contributed by atoms with Gasteiger partial charge in [-0.1, -0.05) is 15.9 Å². The SMILES string of the molecule is CC(C)(O)c1cc(Br)ccc1I. The summed E-state index contributed by atoms with van der Waals surface area (Å²) in [4.78, 5) is 0. The van der Waals surface area contributed by atoms with Crippen LogP contribution in [0.3, 0.4) is 0 Å². The van der Waals surface area contributed by atoms with Crippen molar-refractivity contribution in [1.82, 2.24) is 0 Å². The van der Waals surface area contributed by atoms with Crippen molar-refractivity contribution >= 4 is 38.5 Å². The summed E-state index contributed by atoms with van der Waals surface area (Å²) in [6.45, 7) is 3.58. The number of hydrogen-bond donors (Lipinski definition) is 1. The molecule has 1 aromatic carbocycles. The van der Waals surface area contributed by atoms with Crippen LogP contribution in [-0.2, 0) is 5.60 Å². The summed E-state index contributed by atoms with van der Waals surface area (Å²) < 4.78 is 2.09. The Labute approximate surface area is 94.4 Å². The third-order valence-electron chi connectivity index (χ3n) is 1.59. The minimum absolute atomic E-state index is 0.764. The summed E-state index contributed by atoms with van der Waals surface area (Å²) in [5, 5.41) is 9.77. The van der Waals surface area contributed by atoms with Gasteiger partial charge in [0.05, 0.1) is 5.60 Å². The summed E-state index contributed by atoms with van der Waals surface area (Å²) in [5.41, 5.74) is 0.192. The summed E-state index contributed by atoms with van der Waals surface area (Å²) in [7, 11) is 0. The van der Waals surface area contributed by atoms with E-state index in [9.17, 15) is 5.11 Å². The Hall–Kier alpha value is 0.390. The number of halogens is 2. The van der Waals surface area contributed by atoms with Crippen LogP contribution in [0.1, 0.15) is 19.4 Å². The van der Waals surface area contributed by atoms with E-state index in [1.807, 2.05) is 18.2 Å². The maximum atomic E-state index is 9.77. The van der Waals surface area contributed by atoms with Crippen LogP contribution in [0.2, 0.25) is 0 Å². The quantitative estimate of drug-likeness (QED) is 0.778. The molecule has 0 saturated heterocycles. The lowest BCUT2D eigenvalue weighted by Gasteiger charge is -2.19. The Morgan fingerprint density at radius 1 is 1.42 bits per heavy atom. The van der Waals surface area contributed by atoms with Gasteiger partial charge in [0.15, 0.2) is 0 Å². The van der Waals surface area contributed by atoms with E-state index >= 15 is 0 Å². The predicted molar refractivity (Wildman–Crippen MR) is 62.1 cm³/mol. The fraction of sp³-hybridized carbons (Fsp3) is 0.333. The first kappa shape index (κ1) is 10.5. The highest BCUT2D eigenvalue weighted by Gasteiger charge is 2.18. The van der Waals surface area contributed by atoms with Gasteiger partial charge in [-0.25, -0.2) is 0 Å². The first-order valence-corrected chi connectivity index (χ1v) is 5.46. The normalized spacial score (nSPS) is 11.8.